The van der Waals surface area contributed by atoms with E-state index in [0.29, 0.717) is 25.7 Å². The number of ether oxygens (including phenoxy) is 1. The third-order valence-electron chi connectivity index (χ3n) is 4.91. The van der Waals surface area contributed by atoms with Crippen molar-refractivity contribution in [3.63, 3.8) is 0 Å². The number of sulfonamides is 1. The minimum Gasteiger partial charge on any atom is -0.376 e. The lowest BCUT2D eigenvalue weighted by Gasteiger charge is -2.22. The second kappa shape index (κ2) is 12.9. The van der Waals surface area contributed by atoms with Gasteiger partial charge in [0.15, 0.2) is 5.96 Å². The average molecular weight is 559 g/mol. The van der Waals surface area contributed by atoms with Crippen molar-refractivity contribution in [1.82, 2.24) is 19.9 Å². The van der Waals surface area contributed by atoms with Gasteiger partial charge in [0.1, 0.15) is 4.90 Å². The molecule has 10 heteroatoms. The van der Waals surface area contributed by atoms with Gasteiger partial charge in [0.25, 0.3) is 0 Å². The molecule has 0 bridgehead atoms. The van der Waals surface area contributed by atoms with Crippen molar-refractivity contribution in [2.24, 2.45) is 10.9 Å². The molecule has 31 heavy (non-hydrogen) atoms. The molecule has 1 atom stereocenters. The van der Waals surface area contributed by atoms with E-state index < -0.39 is 10.0 Å². The van der Waals surface area contributed by atoms with Crippen LogP contribution in [0.25, 0.3) is 0 Å². The first-order chi connectivity index (χ1) is 14.6. The van der Waals surface area contributed by atoms with E-state index in [1.165, 1.54) is 17.8 Å². The lowest BCUT2D eigenvalue weighted by Crippen LogP contribution is -2.43. The van der Waals surface area contributed by atoms with Gasteiger partial charge in [0.2, 0.25) is 10.0 Å². The summed E-state index contributed by atoms with van der Waals surface area (Å²) in [6.45, 7) is 3.82. The van der Waals surface area contributed by atoms with Gasteiger partial charge in [-0.2, -0.15) is 0 Å². The molecular formula is C21H30IN5O3S. The first kappa shape index (κ1) is 25.5. The third-order valence-corrected chi connectivity index (χ3v) is 6.35. The van der Waals surface area contributed by atoms with Crippen molar-refractivity contribution >= 4 is 40.0 Å². The fraction of sp³-hybridized carbons (Fsp3) is 0.429. The quantitative estimate of drug-likeness (QED) is 0.212. The third kappa shape index (κ3) is 8.02. The molecule has 1 aliphatic rings. The Hall–Kier alpha value is -1.76. The van der Waals surface area contributed by atoms with E-state index in [2.05, 4.69) is 37.0 Å². The first-order valence-corrected chi connectivity index (χ1v) is 11.5. The molecule has 3 rings (SSSR count). The monoisotopic (exact) mass is 559 g/mol. The predicted molar refractivity (Wildman–Crippen MR) is 132 cm³/mol. The molecule has 0 amide bonds. The molecule has 2 aromatic rings. The Morgan fingerprint density at radius 1 is 1.23 bits per heavy atom. The van der Waals surface area contributed by atoms with E-state index in [9.17, 15) is 8.42 Å². The van der Waals surface area contributed by atoms with Crippen LogP contribution < -0.4 is 10.0 Å². The summed E-state index contributed by atoms with van der Waals surface area (Å²) in [4.78, 5) is 10.5. The van der Waals surface area contributed by atoms with Gasteiger partial charge in [0, 0.05) is 51.5 Å². The van der Waals surface area contributed by atoms with Crippen LogP contribution in [0.2, 0.25) is 0 Å². The number of hydrogen-bond donors (Lipinski definition) is 2. The molecule has 1 aromatic heterocycles. The van der Waals surface area contributed by atoms with Crippen LogP contribution in [0, 0.1) is 5.92 Å². The van der Waals surface area contributed by atoms with Gasteiger partial charge in [-0.15, -0.1) is 24.0 Å². The number of nitrogens with one attached hydrogen (secondary N) is 2. The van der Waals surface area contributed by atoms with Crippen LogP contribution in [0.1, 0.15) is 12.0 Å². The molecular weight excluding hydrogens is 529 g/mol. The lowest BCUT2D eigenvalue weighted by molar-refractivity contribution is 0.0907. The fourth-order valence-electron chi connectivity index (χ4n) is 3.36. The van der Waals surface area contributed by atoms with Crippen molar-refractivity contribution in [2.45, 2.75) is 17.9 Å². The predicted octanol–water partition coefficient (Wildman–Crippen LogP) is 2.09. The normalized spacial score (nSPS) is 16.7. The average Bonchev–Trinajstić information content (AvgIpc) is 3.24. The van der Waals surface area contributed by atoms with Gasteiger partial charge in [0.05, 0.1) is 13.2 Å². The summed E-state index contributed by atoms with van der Waals surface area (Å²) >= 11 is 0. The molecule has 170 valence electrons. The standard InChI is InChI=1S/C21H29N5O3S.HI/c1-22-21(24-11-12-25-30(27,28)20-8-5-10-23-14-20)26-13-9-19(15-26)17-29-16-18-6-3-2-4-7-18;/h2-8,10,14,19,25H,9,11-13,15-17H2,1H3,(H,22,24);1H. The van der Waals surface area contributed by atoms with E-state index in [0.717, 1.165) is 25.5 Å². The number of likely N-dealkylation sites (tertiary alicyclic amines) is 1. The number of halogens is 1. The van der Waals surface area contributed by atoms with Crippen LogP contribution in [0.15, 0.2) is 64.7 Å². The molecule has 0 spiro atoms. The molecule has 0 saturated carbocycles. The molecule has 8 nitrogen and oxygen atoms in total. The summed E-state index contributed by atoms with van der Waals surface area (Å²) in [5.41, 5.74) is 1.18. The van der Waals surface area contributed by atoms with E-state index in [-0.39, 0.29) is 35.4 Å². The summed E-state index contributed by atoms with van der Waals surface area (Å²) in [5.74, 6) is 1.23. The summed E-state index contributed by atoms with van der Waals surface area (Å²) < 4.78 is 32.9. The van der Waals surface area contributed by atoms with Gasteiger partial charge < -0.3 is 15.0 Å². The van der Waals surface area contributed by atoms with Crippen LogP contribution in [0.4, 0.5) is 0 Å². The van der Waals surface area contributed by atoms with Crippen LogP contribution in [-0.4, -0.2) is 64.1 Å². The smallest absolute Gasteiger partial charge is 0.242 e. The number of rotatable bonds is 9. The lowest BCUT2D eigenvalue weighted by atomic mass is 10.1. The topological polar surface area (TPSA) is 95.9 Å². The minimum absolute atomic E-state index is 0. The van der Waals surface area contributed by atoms with E-state index in [1.807, 2.05) is 18.2 Å². The molecule has 1 saturated heterocycles. The highest BCUT2D eigenvalue weighted by Crippen LogP contribution is 2.17. The highest BCUT2D eigenvalue weighted by atomic mass is 127. The maximum absolute atomic E-state index is 12.2. The Morgan fingerprint density at radius 2 is 2.03 bits per heavy atom. The van der Waals surface area contributed by atoms with Crippen molar-refractivity contribution in [1.29, 1.82) is 0 Å². The first-order valence-electron chi connectivity index (χ1n) is 10.1. The van der Waals surface area contributed by atoms with Crippen LogP contribution in [0.5, 0.6) is 0 Å². The minimum atomic E-state index is -3.55. The number of pyridine rings is 1. The van der Waals surface area contributed by atoms with Gasteiger partial charge >= 0.3 is 0 Å². The molecule has 2 heterocycles. The molecule has 0 aliphatic carbocycles. The van der Waals surface area contributed by atoms with Crippen molar-refractivity contribution in [3.05, 3.63) is 60.4 Å². The fourth-order valence-corrected chi connectivity index (χ4v) is 4.35. The number of guanidine groups is 1. The molecule has 0 radical (unpaired) electrons. The van der Waals surface area contributed by atoms with Crippen LogP contribution >= 0.6 is 24.0 Å². The molecule has 1 unspecified atom stereocenters. The number of hydrogen-bond acceptors (Lipinski definition) is 5. The van der Waals surface area contributed by atoms with E-state index in [4.69, 9.17) is 4.74 Å². The van der Waals surface area contributed by atoms with Crippen molar-refractivity contribution in [3.8, 4) is 0 Å². The zero-order valence-electron chi connectivity index (χ0n) is 17.6. The van der Waals surface area contributed by atoms with Gasteiger partial charge in [-0.3, -0.25) is 9.98 Å². The Kier molecular flexibility index (Phi) is 10.6. The zero-order chi connectivity index (χ0) is 21.2. The summed E-state index contributed by atoms with van der Waals surface area (Å²) in [6.07, 6.45) is 3.92. The summed E-state index contributed by atoms with van der Waals surface area (Å²) in [7, 11) is -1.81. The molecule has 2 N–H and O–H groups in total. The summed E-state index contributed by atoms with van der Waals surface area (Å²) in [6, 6.07) is 13.3. The molecule has 1 aromatic carbocycles. The SMILES string of the molecule is CN=C(NCCNS(=O)(=O)c1cccnc1)N1CCC(COCc2ccccc2)C1.I. The maximum atomic E-state index is 12.2. The number of nitrogens with zero attached hydrogens (tertiary/aromatic N) is 3. The summed E-state index contributed by atoms with van der Waals surface area (Å²) in [5, 5.41) is 3.23. The largest absolute Gasteiger partial charge is 0.376 e. The Labute approximate surface area is 201 Å². The maximum Gasteiger partial charge on any atom is 0.242 e. The second-order valence-corrected chi connectivity index (χ2v) is 8.93. The van der Waals surface area contributed by atoms with Crippen LogP contribution in [-0.2, 0) is 21.4 Å². The van der Waals surface area contributed by atoms with Gasteiger partial charge in [-0.25, -0.2) is 13.1 Å². The Bertz CT molecular complexity index is 913. The molecule has 1 aliphatic heterocycles. The second-order valence-electron chi connectivity index (χ2n) is 7.16. The van der Waals surface area contributed by atoms with Gasteiger partial charge in [-0.1, -0.05) is 30.3 Å². The highest BCUT2D eigenvalue weighted by molar-refractivity contribution is 14.0. The highest BCUT2D eigenvalue weighted by Gasteiger charge is 2.25. The van der Waals surface area contributed by atoms with Crippen molar-refractivity contribution in [2.75, 3.05) is 39.8 Å². The number of aliphatic imine (C=N–C) groups is 1. The van der Waals surface area contributed by atoms with E-state index >= 15 is 0 Å². The molecule has 1 fully saturated rings. The number of aromatic nitrogens is 1. The Balaban J connectivity index is 0.00000341. The van der Waals surface area contributed by atoms with Crippen LogP contribution in [0.3, 0.4) is 0 Å². The number of benzene rings is 1. The van der Waals surface area contributed by atoms with Crippen molar-refractivity contribution < 1.29 is 13.2 Å². The van der Waals surface area contributed by atoms with E-state index in [1.54, 1.807) is 19.3 Å². The zero-order valence-corrected chi connectivity index (χ0v) is 20.8. The Morgan fingerprint density at radius 3 is 2.74 bits per heavy atom. The van der Waals surface area contributed by atoms with Gasteiger partial charge in [-0.05, 0) is 24.1 Å².